The number of rotatable bonds is 1. The highest BCUT2D eigenvalue weighted by Gasteiger charge is 2.40. The third kappa shape index (κ3) is 1.71. The molecule has 1 aromatic rings. The second-order valence-electron chi connectivity index (χ2n) is 3.59. The monoisotopic (exact) mass is 220 g/mol. The van der Waals surface area contributed by atoms with E-state index in [1.807, 2.05) is 0 Å². The quantitative estimate of drug-likeness (QED) is 0.771. The molecule has 0 aliphatic carbocycles. The summed E-state index contributed by atoms with van der Waals surface area (Å²) in [5, 5.41) is 6.76. The summed E-state index contributed by atoms with van der Waals surface area (Å²) in [6, 6.07) is -0.319. The van der Waals surface area contributed by atoms with Crippen molar-refractivity contribution in [1.29, 1.82) is 0 Å². The molecule has 0 aromatic carbocycles. The van der Waals surface area contributed by atoms with Crippen LogP contribution >= 0.6 is 0 Å². The number of fused-ring (bicyclic) bond motifs is 1. The Bertz CT molecular complexity index is 357. The van der Waals surface area contributed by atoms with Crippen molar-refractivity contribution in [2.24, 2.45) is 5.73 Å². The molecule has 15 heavy (non-hydrogen) atoms. The van der Waals surface area contributed by atoms with Gasteiger partial charge in [0.2, 0.25) is 5.82 Å². The number of hydrogen-bond acceptors (Lipinski definition) is 3. The van der Waals surface area contributed by atoms with Gasteiger partial charge in [-0.25, -0.2) is 0 Å². The van der Waals surface area contributed by atoms with Gasteiger partial charge in [0.15, 0.2) is 0 Å². The molecule has 0 saturated heterocycles. The molecule has 1 aliphatic rings. The normalized spacial score (nSPS) is 21.5. The molecule has 0 spiro atoms. The molecule has 1 aliphatic heterocycles. The molecule has 0 fully saturated rings. The minimum Gasteiger partial charge on any atom is -0.328 e. The molecule has 0 bridgehead atoms. The van der Waals surface area contributed by atoms with Gasteiger partial charge in [0, 0.05) is 19.0 Å². The Morgan fingerprint density at radius 2 is 2.13 bits per heavy atom. The lowest BCUT2D eigenvalue weighted by Gasteiger charge is -2.25. The summed E-state index contributed by atoms with van der Waals surface area (Å²) in [5.74, 6) is -0.531. The highest BCUT2D eigenvalue weighted by Crippen LogP contribution is 2.33. The summed E-state index contributed by atoms with van der Waals surface area (Å²) in [7, 11) is 0. The van der Waals surface area contributed by atoms with Gasteiger partial charge in [0.1, 0.15) is 5.82 Å². The molecule has 1 aromatic heterocycles. The summed E-state index contributed by atoms with van der Waals surface area (Å²) in [4.78, 5) is 0. The molecule has 0 saturated carbocycles. The van der Waals surface area contributed by atoms with E-state index in [0.29, 0.717) is 18.7 Å². The average Bonchev–Trinajstić information content (AvgIpc) is 2.59. The zero-order valence-corrected chi connectivity index (χ0v) is 7.96. The Hall–Kier alpha value is -1.11. The SMILES string of the molecule is NCC1CCCc2nnc(C(F)(F)F)n21. The fraction of sp³-hybridized carbons (Fsp3) is 0.750. The standard InChI is InChI=1S/C8H11F3N4/c9-8(10,11)7-14-13-6-3-1-2-5(4-12)15(6)7/h5H,1-4,12H2. The second-order valence-corrected chi connectivity index (χ2v) is 3.59. The number of nitrogens with zero attached hydrogens (tertiary/aromatic N) is 3. The minimum absolute atomic E-state index is 0.189. The molecular formula is C8H11F3N4. The van der Waals surface area contributed by atoms with E-state index in [0.717, 1.165) is 11.0 Å². The van der Waals surface area contributed by atoms with Crippen LogP contribution < -0.4 is 5.73 Å². The molecule has 2 rings (SSSR count). The zero-order valence-electron chi connectivity index (χ0n) is 7.96. The molecule has 4 nitrogen and oxygen atoms in total. The minimum atomic E-state index is -4.45. The van der Waals surface area contributed by atoms with Gasteiger partial charge in [-0.15, -0.1) is 10.2 Å². The molecule has 1 atom stereocenters. The first kappa shape index (κ1) is 10.4. The summed E-state index contributed by atoms with van der Waals surface area (Å²) in [5.41, 5.74) is 5.45. The molecule has 1 unspecified atom stereocenters. The fourth-order valence-electron chi connectivity index (χ4n) is 1.92. The van der Waals surface area contributed by atoms with Crippen LogP contribution in [0.25, 0.3) is 0 Å². The van der Waals surface area contributed by atoms with E-state index in [4.69, 9.17) is 5.73 Å². The highest BCUT2D eigenvalue weighted by atomic mass is 19.4. The smallest absolute Gasteiger partial charge is 0.328 e. The molecule has 2 N–H and O–H groups in total. The first-order valence-electron chi connectivity index (χ1n) is 4.75. The van der Waals surface area contributed by atoms with Crippen LogP contribution in [0.1, 0.15) is 30.5 Å². The van der Waals surface area contributed by atoms with Crippen molar-refractivity contribution in [2.45, 2.75) is 31.5 Å². The van der Waals surface area contributed by atoms with Gasteiger partial charge in [0.25, 0.3) is 0 Å². The number of hydrogen-bond donors (Lipinski definition) is 1. The van der Waals surface area contributed by atoms with Crippen molar-refractivity contribution >= 4 is 0 Å². The highest BCUT2D eigenvalue weighted by molar-refractivity contribution is 5.05. The van der Waals surface area contributed by atoms with E-state index in [1.165, 1.54) is 0 Å². The maximum atomic E-state index is 12.6. The Balaban J connectivity index is 2.47. The van der Waals surface area contributed by atoms with Crippen molar-refractivity contribution in [3.8, 4) is 0 Å². The largest absolute Gasteiger partial charge is 0.451 e. The van der Waals surface area contributed by atoms with Crippen LogP contribution in [0, 0.1) is 0 Å². The number of halogens is 3. The summed E-state index contributed by atoms with van der Waals surface area (Å²) < 4.78 is 38.8. The van der Waals surface area contributed by atoms with E-state index < -0.39 is 12.0 Å². The molecule has 84 valence electrons. The molecule has 0 amide bonds. The predicted octanol–water partition coefficient (Wildman–Crippen LogP) is 1.13. The van der Waals surface area contributed by atoms with Crippen LogP contribution in [0.2, 0.25) is 0 Å². The van der Waals surface area contributed by atoms with Gasteiger partial charge in [-0.3, -0.25) is 0 Å². The fourth-order valence-corrected chi connectivity index (χ4v) is 1.92. The van der Waals surface area contributed by atoms with E-state index in [1.54, 1.807) is 0 Å². The summed E-state index contributed by atoms with van der Waals surface area (Å²) in [6.45, 7) is 0.189. The Kier molecular flexibility index (Phi) is 2.41. The van der Waals surface area contributed by atoms with Crippen molar-refractivity contribution in [1.82, 2.24) is 14.8 Å². The van der Waals surface area contributed by atoms with Crippen LogP contribution in [0.4, 0.5) is 13.2 Å². The third-order valence-corrected chi connectivity index (χ3v) is 2.59. The van der Waals surface area contributed by atoms with Gasteiger partial charge in [-0.1, -0.05) is 0 Å². The zero-order chi connectivity index (χ0) is 11.1. The Morgan fingerprint density at radius 1 is 1.40 bits per heavy atom. The van der Waals surface area contributed by atoms with Gasteiger partial charge in [-0.05, 0) is 12.8 Å². The molecular weight excluding hydrogens is 209 g/mol. The van der Waals surface area contributed by atoms with Crippen molar-refractivity contribution < 1.29 is 13.2 Å². The van der Waals surface area contributed by atoms with Gasteiger partial charge in [-0.2, -0.15) is 13.2 Å². The van der Waals surface area contributed by atoms with Gasteiger partial charge in [0.05, 0.1) is 0 Å². The van der Waals surface area contributed by atoms with Crippen LogP contribution in [-0.4, -0.2) is 21.3 Å². The number of alkyl halides is 3. The van der Waals surface area contributed by atoms with Crippen molar-refractivity contribution in [3.05, 3.63) is 11.6 Å². The summed E-state index contributed by atoms with van der Waals surface area (Å²) >= 11 is 0. The van der Waals surface area contributed by atoms with E-state index >= 15 is 0 Å². The molecule has 0 radical (unpaired) electrons. The van der Waals surface area contributed by atoms with Crippen molar-refractivity contribution in [3.63, 3.8) is 0 Å². The number of aryl methyl sites for hydroxylation is 1. The number of nitrogens with two attached hydrogens (primary N) is 1. The maximum absolute atomic E-state index is 12.6. The first-order valence-corrected chi connectivity index (χ1v) is 4.75. The second kappa shape index (κ2) is 3.48. The van der Waals surface area contributed by atoms with E-state index in [-0.39, 0.29) is 12.6 Å². The maximum Gasteiger partial charge on any atom is 0.451 e. The third-order valence-electron chi connectivity index (χ3n) is 2.59. The number of aromatic nitrogens is 3. The van der Waals surface area contributed by atoms with E-state index in [9.17, 15) is 13.2 Å². The van der Waals surface area contributed by atoms with Crippen LogP contribution in [-0.2, 0) is 12.6 Å². The Labute approximate surface area is 84.3 Å². The Morgan fingerprint density at radius 3 is 2.73 bits per heavy atom. The van der Waals surface area contributed by atoms with Crippen LogP contribution in [0.5, 0.6) is 0 Å². The summed E-state index contributed by atoms with van der Waals surface area (Å²) in [6.07, 6.45) is -2.43. The predicted molar refractivity (Wildman–Crippen MR) is 46.1 cm³/mol. The van der Waals surface area contributed by atoms with E-state index in [2.05, 4.69) is 10.2 Å². The first-order chi connectivity index (χ1) is 7.04. The lowest BCUT2D eigenvalue weighted by atomic mass is 10.0. The lowest BCUT2D eigenvalue weighted by molar-refractivity contribution is -0.148. The van der Waals surface area contributed by atoms with Crippen LogP contribution in [0.15, 0.2) is 0 Å². The van der Waals surface area contributed by atoms with Crippen molar-refractivity contribution in [2.75, 3.05) is 6.54 Å². The molecule has 2 heterocycles. The lowest BCUT2D eigenvalue weighted by Crippen LogP contribution is -2.28. The van der Waals surface area contributed by atoms with Gasteiger partial charge < -0.3 is 10.3 Å². The average molecular weight is 220 g/mol. The molecule has 7 heteroatoms. The van der Waals surface area contributed by atoms with Crippen LogP contribution in [0.3, 0.4) is 0 Å². The topological polar surface area (TPSA) is 56.7 Å². The van der Waals surface area contributed by atoms with Gasteiger partial charge >= 0.3 is 6.18 Å².